The van der Waals surface area contributed by atoms with Crippen LogP contribution in [0.2, 0.25) is 0 Å². The minimum Gasteiger partial charge on any atom is -0.353 e. The minimum absolute atomic E-state index is 0.0947. The normalized spacial score (nSPS) is 41.4. The maximum absolute atomic E-state index is 12.7. The Morgan fingerprint density at radius 2 is 2.14 bits per heavy atom. The summed E-state index contributed by atoms with van der Waals surface area (Å²) in [7, 11) is 0. The highest BCUT2D eigenvalue weighted by Crippen LogP contribution is 2.46. The highest BCUT2D eigenvalue weighted by Gasteiger charge is 2.54. The number of nitrogens with zero attached hydrogens (tertiary/aromatic N) is 1. The quantitative estimate of drug-likeness (QED) is 0.867. The Bertz CT molecular complexity index is 461. The molecule has 3 saturated carbocycles. The van der Waals surface area contributed by atoms with Crippen molar-refractivity contribution in [3.05, 3.63) is 0 Å². The molecule has 2 unspecified atom stereocenters. The Labute approximate surface area is 130 Å². The van der Waals surface area contributed by atoms with Crippen molar-refractivity contribution in [2.45, 2.75) is 49.8 Å². The Morgan fingerprint density at radius 1 is 1.33 bits per heavy atom. The van der Waals surface area contributed by atoms with E-state index in [4.69, 9.17) is 0 Å². The van der Waals surface area contributed by atoms with Crippen LogP contribution in [0.4, 0.5) is 0 Å². The molecule has 5 rings (SSSR count). The van der Waals surface area contributed by atoms with Gasteiger partial charge in [0.05, 0.1) is 0 Å². The lowest BCUT2D eigenvalue weighted by atomic mass is 9.65. The molecule has 2 amide bonds. The predicted octanol–water partition coefficient (Wildman–Crippen LogP) is 1.99. The number of hydrogen-bond donors (Lipinski definition) is 1. The summed E-state index contributed by atoms with van der Waals surface area (Å²) in [6.45, 7) is 1.56. The SMILES string of the molecule is O=C1CCC2(C(=O)NCC3CC4CCC3CC4)SCCN12. The highest BCUT2D eigenvalue weighted by atomic mass is 32.2. The summed E-state index contributed by atoms with van der Waals surface area (Å²) in [5, 5.41) is 3.21. The number of carbonyl (C=O) groups excluding carboxylic acids is 2. The van der Waals surface area contributed by atoms with Crippen molar-refractivity contribution in [2.24, 2.45) is 17.8 Å². The topological polar surface area (TPSA) is 49.4 Å². The lowest BCUT2D eigenvalue weighted by Gasteiger charge is -2.42. The second-order valence-electron chi connectivity index (χ2n) is 7.16. The first kappa shape index (κ1) is 13.9. The van der Waals surface area contributed by atoms with Gasteiger partial charge in [-0.15, -0.1) is 11.8 Å². The van der Waals surface area contributed by atoms with Gasteiger partial charge in [-0.05, 0) is 43.4 Å². The number of rotatable bonds is 3. The van der Waals surface area contributed by atoms with Crippen LogP contribution >= 0.6 is 11.8 Å². The molecule has 2 atom stereocenters. The van der Waals surface area contributed by atoms with E-state index >= 15 is 0 Å². The van der Waals surface area contributed by atoms with Crippen molar-refractivity contribution in [2.75, 3.05) is 18.8 Å². The molecule has 0 spiro atoms. The second-order valence-corrected chi connectivity index (χ2v) is 8.54. The zero-order valence-corrected chi connectivity index (χ0v) is 13.3. The average molecular weight is 308 g/mol. The van der Waals surface area contributed by atoms with Crippen LogP contribution in [0.5, 0.6) is 0 Å². The average Bonchev–Trinajstić information content (AvgIpc) is 3.08. The zero-order chi connectivity index (χ0) is 14.4. The third-order valence-corrected chi connectivity index (χ3v) is 7.62. The fraction of sp³-hybridized carbons (Fsp3) is 0.875. The lowest BCUT2D eigenvalue weighted by Crippen LogP contribution is -2.52. The standard InChI is InChI=1S/C16H24N2O2S/c19-14-5-6-16(18(14)7-8-21-16)15(20)17-10-13-9-11-1-3-12(13)4-2-11/h11-13H,1-10H2,(H,17,20). The molecular formula is C16H24N2O2S. The van der Waals surface area contributed by atoms with E-state index in [0.29, 0.717) is 18.8 Å². The van der Waals surface area contributed by atoms with E-state index in [1.165, 1.54) is 32.1 Å². The van der Waals surface area contributed by atoms with Gasteiger partial charge in [0.25, 0.3) is 5.91 Å². The van der Waals surface area contributed by atoms with Crippen molar-refractivity contribution < 1.29 is 9.59 Å². The van der Waals surface area contributed by atoms with E-state index in [2.05, 4.69) is 5.32 Å². The van der Waals surface area contributed by atoms with Crippen LogP contribution < -0.4 is 5.32 Å². The number of amides is 2. The smallest absolute Gasteiger partial charge is 0.256 e. The van der Waals surface area contributed by atoms with E-state index in [0.717, 1.165) is 30.7 Å². The molecule has 3 aliphatic carbocycles. The monoisotopic (exact) mass is 308 g/mol. The fourth-order valence-electron chi connectivity index (χ4n) is 4.94. The largest absolute Gasteiger partial charge is 0.353 e. The van der Waals surface area contributed by atoms with Gasteiger partial charge in [0.1, 0.15) is 0 Å². The molecule has 5 aliphatic rings. The summed E-state index contributed by atoms with van der Waals surface area (Å²) < 4.78 is 0. The molecule has 0 aromatic heterocycles. The van der Waals surface area contributed by atoms with Gasteiger partial charge < -0.3 is 10.2 Å². The summed E-state index contributed by atoms with van der Waals surface area (Å²) in [6, 6.07) is 0. The third-order valence-electron chi connectivity index (χ3n) is 6.14. The molecule has 0 aromatic carbocycles. The van der Waals surface area contributed by atoms with Gasteiger partial charge in [-0.25, -0.2) is 0 Å². The predicted molar refractivity (Wildman–Crippen MR) is 82.7 cm³/mol. The Kier molecular flexibility index (Phi) is 3.43. The fourth-order valence-corrected chi connectivity index (χ4v) is 6.35. The van der Waals surface area contributed by atoms with Crippen LogP contribution in [0.25, 0.3) is 0 Å². The van der Waals surface area contributed by atoms with Gasteiger partial charge in [0.15, 0.2) is 4.87 Å². The second kappa shape index (κ2) is 5.18. The van der Waals surface area contributed by atoms with Crippen molar-refractivity contribution >= 4 is 23.6 Å². The molecule has 4 nitrogen and oxygen atoms in total. The third kappa shape index (κ3) is 2.19. The molecule has 5 fully saturated rings. The lowest BCUT2D eigenvalue weighted by molar-refractivity contribution is -0.136. The molecular weight excluding hydrogens is 284 g/mol. The van der Waals surface area contributed by atoms with Gasteiger partial charge in [-0.1, -0.05) is 12.8 Å². The highest BCUT2D eigenvalue weighted by molar-refractivity contribution is 8.01. The van der Waals surface area contributed by atoms with Crippen LogP contribution in [0.15, 0.2) is 0 Å². The summed E-state index contributed by atoms with van der Waals surface area (Å²) >= 11 is 1.67. The summed E-state index contributed by atoms with van der Waals surface area (Å²) in [5.41, 5.74) is 0. The Balaban J connectivity index is 1.39. The molecule has 116 valence electrons. The molecule has 2 heterocycles. The maximum Gasteiger partial charge on any atom is 0.256 e. The maximum atomic E-state index is 12.7. The zero-order valence-electron chi connectivity index (χ0n) is 12.5. The van der Waals surface area contributed by atoms with E-state index in [9.17, 15) is 9.59 Å². The van der Waals surface area contributed by atoms with Gasteiger partial charge in [0, 0.05) is 25.3 Å². The molecule has 2 aliphatic heterocycles. The van der Waals surface area contributed by atoms with Gasteiger partial charge >= 0.3 is 0 Å². The van der Waals surface area contributed by atoms with Gasteiger partial charge in [0.2, 0.25) is 5.91 Å². The minimum atomic E-state index is -0.565. The molecule has 2 saturated heterocycles. The van der Waals surface area contributed by atoms with E-state index < -0.39 is 4.87 Å². The van der Waals surface area contributed by atoms with Crippen LogP contribution in [0.3, 0.4) is 0 Å². The van der Waals surface area contributed by atoms with Crippen molar-refractivity contribution in [3.63, 3.8) is 0 Å². The van der Waals surface area contributed by atoms with Crippen LogP contribution in [-0.4, -0.2) is 40.4 Å². The number of fused-ring (bicyclic) bond motifs is 4. The summed E-state index contributed by atoms with van der Waals surface area (Å²) in [5.74, 6) is 3.55. The molecule has 5 heteroatoms. The Hall–Kier alpha value is -0.710. The molecule has 21 heavy (non-hydrogen) atoms. The number of carbonyl (C=O) groups is 2. The number of thioether (sulfide) groups is 1. The number of nitrogens with one attached hydrogen (secondary N) is 1. The van der Waals surface area contributed by atoms with Crippen LogP contribution in [0, 0.1) is 17.8 Å². The number of hydrogen-bond acceptors (Lipinski definition) is 3. The van der Waals surface area contributed by atoms with Crippen LogP contribution in [-0.2, 0) is 9.59 Å². The molecule has 0 aromatic rings. The van der Waals surface area contributed by atoms with Crippen LogP contribution in [0.1, 0.15) is 44.9 Å². The first-order valence-electron chi connectivity index (χ1n) is 8.42. The molecule has 1 N–H and O–H groups in total. The van der Waals surface area contributed by atoms with E-state index in [1.54, 1.807) is 11.8 Å². The van der Waals surface area contributed by atoms with Gasteiger partial charge in [-0.2, -0.15) is 0 Å². The van der Waals surface area contributed by atoms with E-state index in [-0.39, 0.29) is 11.8 Å². The van der Waals surface area contributed by atoms with E-state index in [1.807, 2.05) is 4.90 Å². The first-order chi connectivity index (χ1) is 10.2. The van der Waals surface area contributed by atoms with Crippen molar-refractivity contribution in [3.8, 4) is 0 Å². The summed E-state index contributed by atoms with van der Waals surface area (Å²) in [6.07, 6.45) is 8.04. The van der Waals surface area contributed by atoms with Gasteiger partial charge in [-0.3, -0.25) is 9.59 Å². The molecule has 2 bridgehead atoms. The van der Waals surface area contributed by atoms with Crippen molar-refractivity contribution in [1.82, 2.24) is 10.2 Å². The summed E-state index contributed by atoms with van der Waals surface area (Å²) in [4.78, 5) is 25.9. The van der Waals surface area contributed by atoms with Crippen molar-refractivity contribution in [1.29, 1.82) is 0 Å². The Morgan fingerprint density at radius 3 is 2.86 bits per heavy atom. The first-order valence-corrected chi connectivity index (χ1v) is 9.40. The molecule has 0 radical (unpaired) electrons.